The van der Waals surface area contributed by atoms with E-state index in [4.69, 9.17) is 10.5 Å². The highest BCUT2D eigenvalue weighted by atomic mass is 16.5. The molecule has 0 radical (unpaired) electrons. The molecule has 5 heteroatoms. The number of aromatic nitrogens is 1. The van der Waals surface area contributed by atoms with E-state index in [9.17, 15) is 4.79 Å². The molecule has 1 aliphatic rings. The van der Waals surface area contributed by atoms with Crippen molar-refractivity contribution in [1.82, 2.24) is 9.88 Å². The number of pyridine rings is 1. The lowest BCUT2D eigenvalue weighted by molar-refractivity contribution is 0.1000. The molecular formula is C13H19N3O2. The Balaban J connectivity index is 1.74. The molecule has 2 heterocycles. The van der Waals surface area contributed by atoms with Gasteiger partial charge in [-0.2, -0.15) is 0 Å². The summed E-state index contributed by atoms with van der Waals surface area (Å²) in [7, 11) is 0. The fourth-order valence-electron chi connectivity index (χ4n) is 2.07. The Morgan fingerprint density at radius 1 is 1.33 bits per heavy atom. The molecule has 0 atom stereocenters. The van der Waals surface area contributed by atoms with Crippen LogP contribution in [-0.2, 0) is 0 Å². The molecule has 0 aliphatic carbocycles. The Morgan fingerprint density at radius 3 is 2.72 bits per heavy atom. The Kier molecular flexibility index (Phi) is 4.52. The average molecular weight is 249 g/mol. The SMILES string of the molecule is NC(=O)c1ccc(OCCN2CCCCC2)nc1. The molecule has 1 saturated heterocycles. The normalized spacial score (nSPS) is 16.4. The van der Waals surface area contributed by atoms with E-state index in [-0.39, 0.29) is 0 Å². The highest BCUT2D eigenvalue weighted by molar-refractivity contribution is 5.92. The Bertz CT molecular complexity index is 386. The van der Waals surface area contributed by atoms with Crippen LogP contribution >= 0.6 is 0 Å². The first-order valence-corrected chi connectivity index (χ1v) is 6.37. The van der Waals surface area contributed by atoms with Crippen molar-refractivity contribution in [2.24, 2.45) is 5.73 Å². The van der Waals surface area contributed by atoms with Crippen molar-refractivity contribution in [3.8, 4) is 5.88 Å². The first-order valence-electron chi connectivity index (χ1n) is 6.37. The number of carbonyl (C=O) groups is 1. The minimum Gasteiger partial charge on any atom is -0.476 e. The van der Waals surface area contributed by atoms with E-state index in [0.717, 1.165) is 19.6 Å². The molecule has 0 bridgehead atoms. The largest absolute Gasteiger partial charge is 0.476 e. The van der Waals surface area contributed by atoms with Crippen LogP contribution in [0.2, 0.25) is 0 Å². The second kappa shape index (κ2) is 6.35. The van der Waals surface area contributed by atoms with Crippen LogP contribution in [0.25, 0.3) is 0 Å². The number of nitrogens with two attached hydrogens (primary N) is 1. The highest BCUT2D eigenvalue weighted by Gasteiger charge is 2.09. The van der Waals surface area contributed by atoms with Gasteiger partial charge in [0, 0.05) is 18.8 Å². The van der Waals surface area contributed by atoms with Gasteiger partial charge in [0.05, 0.1) is 5.56 Å². The Hall–Kier alpha value is -1.62. The molecule has 1 aliphatic heterocycles. The van der Waals surface area contributed by atoms with Crippen molar-refractivity contribution in [3.63, 3.8) is 0 Å². The smallest absolute Gasteiger partial charge is 0.250 e. The summed E-state index contributed by atoms with van der Waals surface area (Å²) in [5.41, 5.74) is 5.54. The van der Waals surface area contributed by atoms with Crippen LogP contribution in [0.5, 0.6) is 5.88 Å². The molecular weight excluding hydrogens is 230 g/mol. The Morgan fingerprint density at radius 2 is 2.11 bits per heavy atom. The lowest BCUT2D eigenvalue weighted by atomic mass is 10.1. The second-order valence-corrected chi connectivity index (χ2v) is 4.50. The van der Waals surface area contributed by atoms with Gasteiger partial charge in [-0.1, -0.05) is 6.42 Å². The molecule has 5 nitrogen and oxygen atoms in total. The average Bonchev–Trinajstić information content (AvgIpc) is 2.40. The minimum absolute atomic E-state index is 0.401. The van der Waals surface area contributed by atoms with Crippen LogP contribution in [0, 0.1) is 0 Å². The number of carbonyl (C=O) groups excluding carboxylic acids is 1. The van der Waals surface area contributed by atoms with Gasteiger partial charge in [-0.15, -0.1) is 0 Å². The van der Waals surface area contributed by atoms with E-state index in [1.165, 1.54) is 25.5 Å². The van der Waals surface area contributed by atoms with Crippen molar-refractivity contribution >= 4 is 5.91 Å². The van der Waals surface area contributed by atoms with Crippen LogP contribution in [0.4, 0.5) is 0 Å². The predicted octanol–water partition coefficient (Wildman–Crippen LogP) is 1.05. The topological polar surface area (TPSA) is 68.5 Å². The maximum atomic E-state index is 10.9. The zero-order valence-electron chi connectivity index (χ0n) is 10.5. The number of piperidine rings is 1. The summed E-state index contributed by atoms with van der Waals surface area (Å²) in [5.74, 6) is 0.0689. The van der Waals surface area contributed by atoms with E-state index < -0.39 is 5.91 Å². The van der Waals surface area contributed by atoms with Crippen molar-refractivity contribution in [2.75, 3.05) is 26.2 Å². The van der Waals surface area contributed by atoms with Crippen molar-refractivity contribution < 1.29 is 9.53 Å². The van der Waals surface area contributed by atoms with Gasteiger partial charge in [0.1, 0.15) is 6.61 Å². The summed E-state index contributed by atoms with van der Waals surface area (Å²) in [6.07, 6.45) is 5.35. The number of likely N-dealkylation sites (tertiary alicyclic amines) is 1. The number of nitrogens with zero attached hydrogens (tertiary/aromatic N) is 2. The summed E-state index contributed by atoms with van der Waals surface area (Å²) >= 11 is 0. The molecule has 0 unspecified atom stereocenters. The standard InChI is InChI=1S/C13H19N3O2/c14-13(17)11-4-5-12(15-10-11)18-9-8-16-6-2-1-3-7-16/h4-5,10H,1-3,6-9H2,(H2,14,17). The summed E-state index contributed by atoms with van der Waals surface area (Å²) in [5, 5.41) is 0. The van der Waals surface area contributed by atoms with Crippen LogP contribution in [-0.4, -0.2) is 42.0 Å². The summed E-state index contributed by atoms with van der Waals surface area (Å²) in [6.45, 7) is 3.89. The zero-order chi connectivity index (χ0) is 12.8. The van der Waals surface area contributed by atoms with Gasteiger partial charge in [0.2, 0.25) is 11.8 Å². The van der Waals surface area contributed by atoms with Gasteiger partial charge in [-0.25, -0.2) is 4.98 Å². The van der Waals surface area contributed by atoms with Gasteiger partial charge in [-0.3, -0.25) is 9.69 Å². The van der Waals surface area contributed by atoms with Crippen LogP contribution in [0.3, 0.4) is 0 Å². The number of hydrogen-bond donors (Lipinski definition) is 1. The number of amides is 1. The van der Waals surface area contributed by atoms with Crippen molar-refractivity contribution in [3.05, 3.63) is 23.9 Å². The molecule has 0 spiro atoms. The number of hydrogen-bond acceptors (Lipinski definition) is 4. The lowest BCUT2D eigenvalue weighted by Crippen LogP contribution is -2.33. The molecule has 0 saturated carbocycles. The Labute approximate surface area is 107 Å². The molecule has 2 N–H and O–H groups in total. The number of rotatable bonds is 5. The lowest BCUT2D eigenvalue weighted by Gasteiger charge is -2.25. The third-order valence-corrected chi connectivity index (χ3v) is 3.13. The fraction of sp³-hybridized carbons (Fsp3) is 0.538. The number of ether oxygens (including phenoxy) is 1. The van der Waals surface area contributed by atoms with Gasteiger partial charge in [-0.05, 0) is 32.0 Å². The van der Waals surface area contributed by atoms with E-state index >= 15 is 0 Å². The van der Waals surface area contributed by atoms with Crippen LogP contribution < -0.4 is 10.5 Å². The summed E-state index contributed by atoms with van der Waals surface area (Å²) in [4.78, 5) is 17.3. The van der Waals surface area contributed by atoms with Gasteiger partial charge >= 0.3 is 0 Å². The molecule has 1 amide bonds. The first kappa shape index (κ1) is 12.8. The van der Waals surface area contributed by atoms with Crippen molar-refractivity contribution in [2.45, 2.75) is 19.3 Å². The molecule has 2 rings (SSSR count). The quantitative estimate of drug-likeness (QED) is 0.846. The van der Waals surface area contributed by atoms with Gasteiger partial charge < -0.3 is 10.5 Å². The van der Waals surface area contributed by atoms with Crippen LogP contribution in [0.15, 0.2) is 18.3 Å². The molecule has 18 heavy (non-hydrogen) atoms. The monoisotopic (exact) mass is 249 g/mol. The van der Waals surface area contributed by atoms with E-state index in [0.29, 0.717) is 18.1 Å². The zero-order valence-corrected chi connectivity index (χ0v) is 10.5. The maximum Gasteiger partial charge on any atom is 0.250 e. The number of primary amides is 1. The molecule has 98 valence electrons. The second-order valence-electron chi connectivity index (χ2n) is 4.50. The molecule has 1 fully saturated rings. The summed E-state index contributed by atoms with van der Waals surface area (Å²) < 4.78 is 5.54. The molecule has 1 aromatic heterocycles. The minimum atomic E-state index is -0.470. The van der Waals surface area contributed by atoms with Gasteiger partial charge in [0.15, 0.2) is 0 Å². The summed E-state index contributed by atoms with van der Waals surface area (Å²) in [6, 6.07) is 3.31. The third kappa shape index (κ3) is 3.70. The molecule has 0 aromatic carbocycles. The third-order valence-electron chi connectivity index (χ3n) is 3.13. The maximum absolute atomic E-state index is 10.9. The van der Waals surface area contributed by atoms with Gasteiger partial charge in [0.25, 0.3) is 0 Å². The van der Waals surface area contributed by atoms with E-state index in [1.807, 2.05) is 0 Å². The fourth-order valence-corrected chi connectivity index (χ4v) is 2.07. The van der Waals surface area contributed by atoms with Crippen LogP contribution in [0.1, 0.15) is 29.6 Å². The first-order chi connectivity index (χ1) is 8.75. The van der Waals surface area contributed by atoms with Crippen molar-refractivity contribution in [1.29, 1.82) is 0 Å². The highest BCUT2D eigenvalue weighted by Crippen LogP contribution is 2.09. The predicted molar refractivity (Wildman–Crippen MR) is 68.5 cm³/mol. The molecule has 1 aromatic rings. The van der Waals surface area contributed by atoms with E-state index in [1.54, 1.807) is 12.1 Å². The van der Waals surface area contributed by atoms with E-state index in [2.05, 4.69) is 9.88 Å².